The maximum Gasteiger partial charge on any atom is 0.211 e. The molecule has 1 aromatic carbocycles. The summed E-state index contributed by atoms with van der Waals surface area (Å²) in [6, 6.07) is 6.08. The normalized spacial score (nSPS) is 15.7. The molecule has 1 aromatic rings. The minimum atomic E-state index is -0.0580. The van der Waals surface area contributed by atoms with E-state index in [-0.39, 0.29) is 5.96 Å². The van der Waals surface area contributed by atoms with E-state index in [2.05, 4.69) is 37.1 Å². The van der Waals surface area contributed by atoms with Gasteiger partial charge in [-0.05, 0) is 12.1 Å². The lowest BCUT2D eigenvalue weighted by Crippen LogP contribution is -2.36. The summed E-state index contributed by atoms with van der Waals surface area (Å²) in [5.41, 5.74) is 12.5. The molecular weight excluding hydrogens is 310 g/mol. The highest BCUT2D eigenvalue weighted by Crippen LogP contribution is 2.24. The molecule has 1 fully saturated rings. The van der Waals surface area contributed by atoms with Crippen molar-refractivity contribution in [3.8, 4) is 0 Å². The van der Waals surface area contributed by atoms with Crippen molar-refractivity contribution in [1.82, 2.24) is 0 Å². The average Bonchev–Trinajstić information content (AvgIpc) is 2.41. The van der Waals surface area contributed by atoms with Crippen LogP contribution in [0.3, 0.4) is 0 Å². The molecular formula is C12H16BrN5O. The van der Waals surface area contributed by atoms with Crippen molar-refractivity contribution in [2.75, 3.05) is 31.2 Å². The number of morpholine rings is 1. The van der Waals surface area contributed by atoms with Crippen molar-refractivity contribution in [2.24, 2.45) is 21.7 Å². The number of anilines is 1. The molecule has 7 heteroatoms. The number of guanidine groups is 1. The molecule has 0 amide bonds. The molecule has 19 heavy (non-hydrogen) atoms. The molecule has 4 N–H and O–H groups in total. The van der Waals surface area contributed by atoms with Gasteiger partial charge in [-0.25, -0.2) is 0 Å². The van der Waals surface area contributed by atoms with E-state index < -0.39 is 0 Å². The van der Waals surface area contributed by atoms with E-state index in [1.807, 2.05) is 12.1 Å². The van der Waals surface area contributed by atoms with E-state index in [0.717, 1.165) is 42.0 Å². The van der Waals surface area contributed by atoms with Crippen LogP contribution in [0.2, 0.25) is 0 Å². The molecule has 1 saturated heterocycles. The number of halogens is 1. The van der Waals surface area contributed by atoms with Gasteiger partial charge in [-0.1, -0.05) is 22.0 Å². The Hall–Kier alpha value is -1.60. The van der Waals surface area contributed by atoms with Crippen LogP contribution in [0, 0.1) is 0 Å². The van der Waals surface area contributed by atoms with Crippen LogP contribution >= 0.6 is 15.9 Å². The molecule has 0 aromatic heterocycles. The summed E-state index contributed by atoms with van der Waals surface area (Å²) in [7, 11) is 0. The van der Waals surface area contributed by atoms with Gasteiger partial charge in [0, 0.05) is 28.8 Å². The summed E-state index contributed by atoms with van der Waals surface area (Å²) in [5.74, 6) is -0.0580. The summed E-state index contributed by atoms with van der Waals surface area (Å²) in [6.07, 6.45) is 1.60. The third kappa shape index (κ3) is 3.93. The molecule has 1 heterocycles. The second-order valence-corrected chi connectivity index (χ2v) is 4.93. The van der Waals surface area contributed by atoms with Crippen LogP contribution in [0.4, 0.5) is 5.69 Å². The van der Waals surface area contributed by atoms with Gasteiger partial charge in [0.05, 0.1) is 19.4 Å². The number of nitrogens with two attached hydrogens (primary N) is 2. The Morgan fingerprint density at radius 2 is 2.05 bits per heavy atom. The van der Waals surface area contributed by atoms with Crippen LogP contribution in [0.15, 0.2) is 32.9 Å². The van der Waals surface area contributed by atoms with E-state index in [9.17, 15) is 0 Å². The third-order valence-electron chi connectivity index (χ3n) is 2.73. The summed E-state index contributed by atoms with van der Waals surface area (Å²) >= 11 is 3.52. The molecule has 0 radical (unpaired) electrons. The first-order chi connectivity index (χ1) is 9.16. The SMILES string of the molecule is NC(N)=NN=Cc1ccc(N2CCOCC2)cc1Br. The van der Waals surface area contributed by atoms with Crippen LogP contribution < -0.4 is 16.4 Å². The van der Waals surface area contributed by atoms with Gasteiger partial charge in [0.15, 0.2) is 0 Å². The van der Waals surface area contributed by atoms with Crippen molar-refractivity contribution >= 4 is 33.8 Å². The molecule has 6 nitrogen and oxygen atoms in total. The van der Waals surface area contributed by atoms with Crippen LogP contribution in [-0.2, 0) is 4.74 Å². The van der Waals surface area contributed by atoms with Gasteiger partial charge in [0.2, 0.25) is 5.96 Å². The smallest absolute Gasteiger partial charge is 0.211 e. The second-order valence-electron chi connectivity index (χ2n) is 4.07. The van der Waals surface area contributed by atoms with Crippen molar-refractivity contribution in [2.45, 2.75) is 0 Å². The summed E-state index contributed by atoms with van der Waals surface area (Å²) < 4.78 is 6.29. The maximum absolute atomic E-state index is 5.34. The first-order valence-electron chi connectivity index (χ1n) is 5.91. The zero-order valence-electron chi connectivity index (χ0n) is 10.4. The number of hydrogen-bond donors (Lipinski definition) is 2. The van der Waals surface area contributed by atoms with Crippen molar-refractivity contribution in [1.29, 1.82) is 0 Å². The molecule has 2 rings (SSSR count). The highest BCUT2D eigenvalue weighted by molar-refractivity contribution is 9.10. The van der Waals surface area contributed by atoms with Crippen molar-refractivity contribution < 1.29 is 4.74 Å². The minimum Gasteiger partial charge on any atom is -0.378 e. The molecule has 0 bridgehead atoms. The number of benzene rings is 1. The molecule has 0 spiro atoms. The average molecular weight is 326 g/mol. The fourth-order valence-electron chi connectivity index (χ4n) is 1.80. The monoisotopic (exact) mass is 325 g/mol. The minimum absolute atomic E-state index is 0.0580. The first kappa shape index (κ1) is 13.8. The number of hydrogen-bond acceptors (Lipinski definition) is 4. The number of ether oxygens (including phenoxy) is 1. The maximum atomic E-state index is 5.34. The van der Waals surface area contributed by atoms with Crippen molar-refractivity contribution in [3.63, 3.8) is 0 Å². The summed E-state index contributed by atoms with van der Waals surface area (Å²) in [6.45, 7) is 3.36. The van der Waals surface area contributed by atoms with Gasteiger partial charge in [0.25, 0.3) is 0 Å². The topological polar surface area (TPSA) is 89.2 Å². The van der Waals surface area contributed by atoms with E-state index in [0.29, 0.717) is 0 Å². The van der Waals surface area contributed by atoms with Crippen molar-refractivity contribution in [3.05, 3.63) is 28.2 Å². The zero-order chi connectivity index (χ0) is 13.7. The second kappa shape index (κ2) is 6.53. The van der Waals surface area contributed by atoms with E-state index >= 15 is 0 Å². The molecule has 0 unspecified atom stereocenters. The zero-order valence-corrected chi connectivity index (χ0v) is 12.0. The van der Waals surface area contributed by atoms with Crippen LogP contribution in [0.1, 0.15) is 5.56 Å². The van der Waals surface area contributed by atoms with Crippen LogP contribution in [-0.4, -0.2) is 38.5 Å². The Labute approximate surface area is 120 Å². The summed E-state index contributed by atoms with van der Waals surface area (Å²) in [4.78, 5) is 2.28. The predicted octanol–water partition coefficient (Wildman–Crippen LogP) is 0.893. The molecule has 0 saturated carbocycles. The Bertz CT molecular complexity index is 493. The van der Waals surface area contributed by atoms with Crippen LogP contribution in [0.5, 0.6) is 0 Å². The van der Waals surface area contributed by atoms with Gasteiger partial charge >= 0.3 is 0 Å². The van der Waals surface area contributed by atoms with Gasteiger partial charge in [-0.3, -0.25) is 0 Å². The fraction of sp³-hybridized carbons (Fsp3) is 0.333. The predicted molar refractivity (Wildman–Crippen MR) is 80.6 cm³/mol. The lowest BCUT2D eigenvalue weighted by atomic mass is 10.2. The van der Waals surface area contributed by atoms with Gasteiger partial charge in [-0.15, -0.1) is 5.10 Å². The highest BCUT2D eigenvalue weighted by Gasteiger charge is 2.11. The van der Waals surface area contributed by atoms with E-state index in [1.54, 1.807) is 6.21 Å². The Morgan fingerprint density at radius 3 is 2.68 bits per heavy atom. The van der Waals surface area contributed by atoms with E-state index in [4.69, 9.17) is 16.2 Å². The molecule has 1 aliphatic rings. The lowest BCUT2D eigenvalue weighted by Gasteiger charge is -2.29. The quantitative estimate of drug-likeness (QED) is 0.490. The molecule has 0 aliphatic carbocycles. The number of nitrogens with zero attached hydrogens (tertiary/aromatic N) is 3. The highest BCUT2D eigenvalue weighted by atomic mass is 79.9. The third-order valence-corrected chi connectivity index (χ3v) is 3.42. The van der Waals surface area contributed by atoms with Gasteiger partial charge in [-0.2, -0.15) is 5.10 Å². The van der Waals surface area contributed by atoms with E-state index in [1.165, 1.54) is 0 Å². The lowest BCUT2D eigenvalue weighted by molar-refractivity contribution is 0.122. The first-order valence-corrected chi connectivity index (χ1v) is 6.70. The summed E-state index contributed by atoms with van der Waals surface area (Å²) in [5, 5.41) is 7.36. The fourth-order valence-corrected chi connectivity index (χ4v) is 2.27. The molecule has 102 valence electrons. The Kier molecular flexibility index (Phi) is 4.75. The van der Waals surface area contributed by atoms with Crippen LogP contribution in [0.25, 0.3) is 0 Å². The molecule has 0 atom stereocenters. The Morgan fingerprint density at radius 1 is 1.32 bits per heavy atom. The largest absolute Gasteiger partial charge is 0.378 e. The molecule has 1 aliphatic heterocycles. The van der Waals surface area contributed by atoms with Gasteiger partial charge < -0.3 is 21.1 Å². The standard InChI is InChI=1S/C12H16BrN5O/c13-11-7-10(18-3-5-19-6-4-18)2-1-9(11)8-16-17-12(14)15/h1-2,7-8H,3-6H2,(H4,14,15,17). The number of rotatable bonds is 3. The Balaban J connectivity index is 2.12. The van der Waals surface area contributed by atoms with Gasteiger partial charge in [0.1, 0.15) is 0 Å².